The average Bonchev–Trinajstić information content (AvgIpc) is 2.65. The summed E-state index contributed by atoms with van der Waals surface area (Å²) in [6.07, 6.45) is 4.87. The lowest BCUT2D eigenvalue weighted by molar-refractivity contribution is 0.282. The fraction of sp³-hybridized carbons (Fsp3) is 0.727. The molecule has 104 valence electrons. The van der Waals surface area contributed by atoms with Crippen LogP contribution in [-0.4, -0.2) is 36.2 Å². The number of hydrogen-bond acceptors (Lipinski definition) is 4. The van der Waals surface area contributed by atoms with E-state index in [-0.39, 0.29) is 11.6 Å². The molecule has 0 aromatic carbocycles. The van der Waals surface area contributed by atoms with Gasteiger partial charge >= 0.3 is 0 Å². The molecule has 18 heavy (non-hydrogen) atoms. The molecule has 0 aliphatic heterocycles. The van der Waals surface area contributed by atoms with Crippen LogP contribution in [0, 0.1) is 6.92 Å². The molecule has 0 saturated carbocycles. The van der Waals surface area contributed by atoms with Crippen LogP contribution < -0.4 is 4.72 Å². The Labute approximate surface area is 108 Å². The van der Waals surface area contributed by atoms with Gasteiger partial charge in [0.25, 0.3) is 10.0 Å². The van der Waals surface area contributed by atoms with Crippen molar-refractivity contribution in [2.24, 2.45) is 7.05 Å². The number of hydrogen-bond donors (Lipinski definition) is 2. The van der Waals surface area contributed by atoms with Gasteiger partial charge in [-0.05, 0) is 19.8 Å². The van der Waals surface area contributed by atoms with Gasteiger partial charge in [-0.15, -0.1) is 0 Å². The summed E-state index contributed by atoms with van der Waals surface area (Å²) in [6, 6.07) is 0. The second-order valence-electron chi connectivity index (χ2n) is 4.27. The maximum absolute atomic E-state index is 11.9. The fourth-order valence-electron chi connectivity index (χ4n) is 1.53. The Morgan fingerprint density at radius 3 is 2.56 bits per heavy atom. The van der Waals surface area contributed by atoms with Crippen molar-refractivity contribution in [1.29, 1.82) is 0 Å². The first-order valence-electron chi connectivity index (χ1n) is 6.08. The quantitative estimate of drug-likeness (QED) is 0.679. The molecule has 0 bridgehead atoms. The van der Waals surface area contributed by atoms with Crippen LogP contribution in [0.5, 0.6) is 0 Å². The number of unbranched alkanes of at least 4 members (excludes halogenated alkanes) is 3. The summed E-state index contributed by atoms with van der Waals surface area (Å²) in [7, 11) is -1.73. The monoisotopic (exact) mass is 275 g/mol. The Kier molecular flexibility index (Phi) is 5.77. The van der Waals surface area contributed by atoms with Crippen molar-refractivity contribution in [2.75, 3.05) is 13.2 Å². The van der Waals surface area contributed by atoms with Gasteiger partial charge < -0.3 is 9.67 Å². The zero-order valence-electron chi connectivity index (χ0n) is 10.9. The molecule has 0 spiro atoms. The number of aliphatic hydroxyl groups is 1. The maximum Gasteiger partial charge on any atom is 0.259 e. The number of nitrogens with zero attached hydrogens (tertiary/aromatic N) is 2. The van der Waals surface area contributed by atoms with Gasteiger partial charge in [0, 0.05) is 26.4 Å². The molecule has 0 unspecified atom stereocenters. The number of aliphatic hydroxyl groups excluding tert-OH is 1. The third kappa shape index (κ3) is 4.40. The predicted octanol–water partition coefficient (Wildman–Crippen LogP) is 0.560. The standard InChI is InChI=1S/C11H21N3O3S/c1-10-13-11(9-14(10)2)18(16,17)12-7-5-3-4-6-8-15/h9,12,15H,3-8H2,1-2H3. The average molecular weight is 275 g/mol. The van der Waals surface area contributed by atoms with Gasteiger partial charge in [-0.3, -0.25) is 0 Å². The van der Waals surface area contributed by atoms with Gasteiger partial charge in [0.1, 0.15) is 5.82 Å². The molecule has 0 saturated heterocycles. The normalized spacial score (nSPS) is 11.9. The Morgan fingerprint density at radius 1 is 1.33 bits per heavy atom. The van der Waals surface area contributed by atoms with Gasteiger partial charge in [-0.1, -0.05) is 12.8 Å². The number of nitrogens with one attached hydrogen (secondary N) is 1. The lowest BCUT2D eigenvalue weighted by Crippen LogP contribution is -2.25. The summed E-state index contributed by atoms with van der Waals surface area (Å²) >= 11 is 0. The Hall–Kier alpha value is -0.920. The van der Waals surface area contributed by atoms with E-state index in [1.54, 1.807) is 18.5 Å². The van der Waals surface area contributed by atoms with E-state index in [2.05, 4.69) is 9.71 Å². The zero-order chi connectivity index (χ0) is 13.6. The highest BCUT2D eigenvalue weighted by Gasteiger charge is 2.17. The van der Waals surface area contributed by atoms with E-state index < -0.39 is 10.0 Å². The van der Waals surface area contributed by atoms with Gasteiger partial charge in [-0.25, -0.2) is 18.1 Å². The lowest BCUT2D eigenvalue weighted by atomic mass is 10.2. The van der Waals surface area contributed by atoms with Crippen LogP contribution in [0.25, 0.3) is 0 Å². The van der Waals surface area contributed by atoms with E-state index in [0.29, 0.717) is 12.4 Å². The van der Waals surface area contributed by atoms with Crippen molar-refractivity contribution in [2.45, 2.75) is 37.6 Å². The molecule has 7 heteroatoms. The van der Waals surface area contributed by atoms with Crippen molar-refractivity contribution in [3.05, 3.63) is 12.0 Å². The van der Waals surface area contributed by atoms with Gasteiger partial charge in [-0.2, -0.15) is 0 Å². The van der Waals surface area contributed by atoms with Gasteiger partial charge in [0.05, 0.1) is 0 Å². The minimum absolute atomic E-state index is 0.0675. The van der Waals surface area contributed by atoms with E-state index in [1.165, 1.54) is 6.20 Å². The number of rotatable bonds is 8. The Bertz CT molecular complexity index is 448. The molecular formula is C11H21N3O3S. The second-order valence-corrected chi connectivity index (χ2v) is 5.99. The summed E-state index contributed by atoms with van der Waals surface area (Å²) in [5.41, 5.74) is 0. The fourth-order valence-corrected chi connectivity index (χ4v) is 2.64. The molecule has 1 aromatic rings. The predicted molar refractivity (Wildman–Crippen MR) is 68.7 cm³/mol. The third-order valence-electron chi connectivity index (χ3n) is 2.74. The summed E-state index contributed by atoms with van der Waals surface area (Å²) in [5.74, 6) is 0.665. The van der Waals surface area contributed by atoms with Crippen LogP contribution in [0.1, 0.15) is 31.5 Å². The SMILES string of the molecule is Cc1nc(S(=O)(=O)NCCCCCCO)cn1C. The third-order valence-corrected chi connectivity index (χ3v) is 4.07. The van der Waals surface area contributed by atoms with E-state index in [9.17, 15) is 8.42 Å². The number of aromatic nitrogens is 2. The lowest BCUT2D eigenvalue weighted by Gasteiger charge is -2.03. The van der Waals surface area contributed by atoms with Crippen LogP contribution in [0.4, 0.5) is 0 Å². The van der Waals surface area contributed by atoms with Crippen molar-refractivity contribution >= 4 is 10.0 Å². The minimum atomic E-state index is -3.49. The van der Waals surface area contributed by atoms with Crippen molar-refractivity contribution in [3.63, 3.8) is 0 Å². The molecule has 0 aliphatic rings. The summed E-state index contributed by atoms with van der Waals surface area (Å²) in [4.78, 5) is 3.99. The van der Waals surface area contributed by atoms with Crippen LogP contribution in [-0.2, 0) is 17.1 Å². The molecule has 2 N–H and O–H groups in total. The Morgan fingerprint density at radius 2 is 2.00 bits per heavy atom. The number of sulfonamides is 1. The van der Waals surface area contributed by atoms with Crippen LogP contribution >= 0.6 is 0 Å². The summed E-state index contributed by atoms with van der Waals surface area (Å²) in [6.45, 7) is 2.36. The maximum atomic E-state index is 11.9. The van der Waals surface area contributed by atoms with Gasteiger partial charge in [0.15, 0.2) is 5.03 Å². The molecule has 0 amide bonds. The molecule has 1 rings (SSSR count). The molecular weight excluding hydrogens is 254 g/mol. The molecule has 0 atom stereocenters. The minimum Gasteiger partial charge on any atom is -0.396 e. The highest BCUT2D eigenvalue weighted by molar-refractivity contribution is 7.89. The van der Waals surface area contributed by atoms with Crippen molar-refractivity contribution in [3.8, 4) is 0 Å². The van der Waals surface area contributed by atoms with Crippen LogP contribution in [0.15, 0.2) is 11.2 Å². The molecule has 6 nitrogen and oxygen atoms in total. The molecule has 0 radical (unpaired) electrons. The molecule has 0 aliphatic carbocycles. The topological polar surface area (TPSA) is 84.2 Å². The van der Waals surface area contributed by atoms with Crippen molar-refractivity contribution < 1.29 is 13.5 Å². The van der Waals surface area contributed by atoms with E-state index >= 15 is 0 Å². The van der Waals surface area contributed by atoms with E-state index in [4.69, 9.17) is 5.11 Å². The molecule has 1 heterocycles. The number of aryl methyl sites for hydroxylation is 2. The van der Waals surface area contributed by atoms with Gasteiger partial charge in [0.2, 0.25) is 0 Å². The van der Waals surface area contributed by atoms with Crippen LogP contribution in [0.2, 0.25) is 0 Å². The number of imidazole rings is 1. The first-order valence-corrected chi connectivity index (χ1v) is 7.56. The molecule has 1 aromatic heterocycles. The second kappa shape index (κ2) is 6.86. The Balaban J connectivity index is 2.41. The smallest absolute Gasteiger partial charge is 0.259 e. The largest absolute Gasteiger partial charge is 0.396 e. The summed E-state index contributed by atoms with van der Waals surface area (Å²) < 4.78 is 27.9. The first-order chi connectivity index (χ1) is 8.47. The zero-order valence-corrected chi connectivity index (χ0v) is 11.7. The van der Waals surface area contributed by atoms with Crippen LogP contribution in [0.3, 0.4) is 0 Å². The highest BCUT2D eigenvalue weighted by Crippen LogP contribution is 2.07. The molecule has 0 fully saturated rings. The summed E-state index contributed by atoms with van der Waals surface area (Å²) in [5, 5.41) is 8.67. The van der Waals surface area contributed by atoms with E-state index in [1.807, 2.05) is 0 Å². The highest BCUT2D eigenvalue weighted by atomic mass is 32.2. The van der Waals surface area contributed by atoms with Crippen molar-refractivity contribution in [1.82, 2.24) is 14.3 Å². The van der Waals surface area contributed by atoms with E-state index in [0.717, 1.165) is 25.7 Å². The first kappa shape index (κ1) is 15.1.